The van der Waals surface area contributed by atoms with Crippen molar-refractivity contribution < 1.29 is 0 Å². The molecular weight excluding hydrogens is 214 g/mol. The Hall–Kier alpha value is -2.10. The molecule has 3 aromatic rings. The summed E-state index contributed by atoms with van der Waals surface area (Å²) in [7, 11) is 0. The summed E-state index contributed by atoms with van der Waals surface area (Å²) in [6.07, 6.45) is 1.71. The number of fused-ring (bicyclic) bond motifs is 3. The third-order valence-corrected chi connectivity index (χ3v) is 3.29. The van der Waals surface area contributed by atoms with Crippen molar-refractivity contribution >= 4 is 16.6 Å². The Morgan fingerprint density at radius 3 is 2.65 bits per heavy atom. The van der Waals surface area contributed by atoms with Crippen molar-refractivity contribution in [2.45, 2.75) is 20.8 Å². The summed E-state index contributed by atoms with van der Waals surface area (Å²) in [6, 6.07) is 4.08. The molecule has 0 atom stereocenters. The molecule has 0 bridgehead atoms. The number of hydrogen-bond donors (Lipinski definition) is 1. The van der Waals surface area contributed by atoms with Crippen LogP contribution in [0, 0.1) is 20.8 Å². The van der Waals surface area contributed by atoms with Crippen LogP contribution < -0.4 is 5.56 Å². The molecular formula is C13H13N3O. The fourth-order valence-corrected chi connectivity index (χ4v) is 2.18. The summed E-state index contributed by atoms with van der Waals surface area (Å²) >= 11 is 0. The standard InChI is InChI=1S/C13H13N3O/c1-7-4-10-11(5-8(7)2)16-6-14-9(3)12(16)13(17)15-10/h4-6H,1-3H3,(H,15,17). The van der Waals surface area contributed by atoms with Crippen molar-refractivity contribution in [2.24, 2.45) is 0 Å². The van der Waals surface area contributed by atoms with Gasteiger partial charge >= 0.3 is 0 Å². The van der Waals surface area contributed by atoms with Crippen LogP contribution in [-0.2, 0) is 0 Å². The van der Waals surface area contributed by atoms with Crippen LogP contribution in [0.5, 0.6) is 0 Å². The van der Waals surface area contributed by atoms with E-state index in [-0.39, 0.29) is 5.56 Å². The van der Waals surface area contributed by atoms with E-state index >= 15 is 0 Å². The molecule has 4 heteroatoms. The highest BCUT2D eigenvalue weighted by atomic mass is 16.1. The lowest BCUT2D eigenvalue weighted by atomic mass is 10.1. The molecule has 0 aliphatic carbocycles. The first-order valence-electron chi connectivity index (χ1n) is 5.55. The summed E-state index contributed by atoms with van der Waals surface area (Å²) in [5.41, 5.74) is 5.51. The predicted molar refractivity (Wildman–Crippen MR) is 67.5 cm³/mol. The summed E-state index contributed by atoms with van der Waals surface area (Å²) in [5.74, 6) is 0. The highest BCUT2D eigenvalue weighted by Gasteiger charge is 2.09. The number of aromatic amines is 1. The molecule has 0 spiro atoms. The minimum Gasteiger partial charge on any atom is -0.319 e. The van der Waals surface area contributed by atoms with Crippen molar-refractivity contribution in [1.29, 1.82) is 0 Å². The van der Waals surface area contributed by atoms with Crippen LogP contribution in [-0.4, -0.2) is 14.4 Å². The van der Waals surface area contributed by atoms with E-state index < -0.39 is 0 Å². The summed E-state index contributed by atoms with van der Waals surface area (Å²) < 4.78 is 1.86. The predicted octanol–water partition coefficient (Wildman–Crippen LogP) is 2.10. The van der Waals surface area contributed by atoms with Crippen molar-refractivity contribution in [1.82, 2.24) is 14.4 Å². The molecule has 0 radical (unpaired) electrons. The Labute approximate surface area is 97.9 Å². The van der Waals surface area contributed by atoms with Gasteiger partial charge in [-0.2, -0.15) is 0 Å². The zero-order valence-electron chi connectivity index (χ0n) is 10.0. The lowest BCUT2D eigenvalue weighted by Gasteiger charge is -2.06. The van der Waals surface area contributed by atoms with Crippen molar-refractivity contribution in [3.05, 3.63) is 45.6 Å². The van der Waals surface area contributed by atoms with Crippen LogP contribution in [0.1, 0.15) is 16.8 Å². The Morgan fingerprint density at radius 2 is 1.88 bits per heavy atom. The minimum atomic E-state index is -0.0873. The number of nitrogens with one attached hydrogen (secondary N) is 1. The van der Waals surface area contributed by atoms with Crippen LogP contribution in [0.25, 0.3) is 16.6 Å². The maximum atomic E-state index is 12.0. The van der Waals surface area contributed by atoms with Gasteiger partial charge in [-0.05, 0) is 44.0 Å². The molecule has 0 fully saturated rings. The molecule has 86 valence electrons. The Balaban J connectivity index is 2.64. The molecule has 2 heterocycles. The zero-order valence-corrected chi connectivity index (χ0v) is 10.0. The van der Waals surface area contributed by atoms with Crippen LogP contribution in [0.15, 0.2) is 23.3 Å². The fourth-order valence-electron chi connectivity index (χ4n) is 2.18. The molecule has 0 saturated carbocycles. The lowest BCUT2D eigenvalue weighted by Crippen LogP contribution is -2.10. The first kappa shape index (κ1) is 10.1. The molecule has 4 nitrogen and oxygen atoms in total. The van der Waals surface area contributed by atoms with E-state index in [1.54, 1.807) is 6.33 Å². The number of rotatable bonds is 0. The Morgan fingerprint density at radius 1 is 1.18 bits per heavy atom. The first-order chi connectivity index (χ1) is 8.08. The molecule has 2 aromatic heterocycles. The van der Waals surface area contributed by atoms with Gasteiger partial charge in [0.1, 0.15) is 11.8 Å². The fraction of sp³-hybridized carbons (Fsp3) is 0.231. The van der Waals surface area contributed by atoms with E-state index in [1.807, 2.05) is 24.3 Å². The Bertz CT molecular complexity index is 796. The topological polar surface area (TPSA) is 50.2 Å². The summed E-state index contributed by atoms with van der Waals surface area (Å²) in [6.45, 7) is 5.95. The quantitative estimate of drug-likeness (QED) is 0.639. The van der Waals surface area contributed by atoms with E-state index in [0.29, 0.717) is 5.52 Å². The average Bonchev–Trinajstić information content (AvgIpc) is 2.65. The molecule has 0 saturated heterocycles. The molecule has 1 N–H and O–H groups in total. The van der Waals surface area contributed by atoms with E-state index in [2.05, 4.69) is 23.0 Å². The van der Waals surface area contributed by atoms with Gasteiger partial charge in [0.15, 0.2) is 0 Å². The third-order valence-electron chi connectivity index (χ3n) is 3.29. The molecule has 0 aliphatic heterocycles. The van der Waals surface area contributed by atoms with E-state index in [9.17, 15) is 4.79 Å². The Kier molecular flexibility index (Phi) is 1.90. The summed E-state index contributed by atoms with van der Waals surface area (Å²) in [5, 5.41) is 0. The maximum Gasteiger partial charge on any atom is 0.274 e. The number of benzene rings is 1. The van der Waals surface area contributed by atoms with Crippen LogP contribution in [0.2, 0.25) is 0 Å². The monoisotopic (exact) mass is 227 g/mol. The number of nitrogens with zero attached hydrogens (tertiary/aromatic N) is 2. The van der Waals surface area contributed by atoms with Gasteiger partial charge in [0.05, 0.1) is 16.7 Å². The number of aromatic nitrogens is 3. The van der Waals surface area contributed by atoms with Gasteiger partial charge in [-0.1, -0.05) is 0 Å². The molecule has 17 heavy (non-hydrogen) atoms. The van der Waals surface area contributed by atoms with Crippen LogP contribution >= 0.6 is 0 Å². The van der Waals surface area contributed by atoms with E-state index in [4.69, 9.17) is 0 Å². The minimum absolute atomic E-state index is 0.0873. The molecule has 1 aromatic carbocycles. The lowest BCUT2D eigenvalue weighted by molar-refractivity contribution is 1.15. The SMILES string of the molecule is Cc1cc2[nH]c(=O)c3c(C)ncn3c2cc1C. The molecule has 3 rings (SSSR count). The van der Waals surface area contributed by atoms with Crippen LogP contribution in [0.4, 0.5) is 0 Å². The van der Waals surface area contributed by atoms with Gasteiger partial charge < -0.3 is 4.98 Å². The third kappa shape index (κ3) is 1.30. The van der Waals surface area contributed by atoms with Crippen LogP contribution in [0.3, 0.4) is 0 Å². The van der Waals surface area contributed by atoms with Gasteiger partial charge in [-0.25, -0.2) is 4.98 Å². The summed E-state index contributed by atoms with van der Waals surface area (Å²) in [4.78, 5) is 19.1. The van der Waals surface area contributed by atoms with Gasteiger partial charge in [0.2, 0.25) is 0 Å². The number of aryl methyl sites for hydroxylation is 3. The molecule has 0 unspecified atom stereocenters. The molecule has 0 aliphatic rings. The number of H-pyrrole nitrogens is 1. The number of hydrogen-bond acceptors (Lipinski definition) is 2. The second-order valence-corrected chi connectivity index (χ2v) is 4.46. The highest BCUT2D eigenvalue weighted by molar-refractivity contribution is 5.80. The first-order valence-corrected chi connectivity index (χ1v) is 5.55. The van der Waals surface area contributed by atoms with Gasteiger partial charge in [0.25, 0.3) is 5.56 Å². The van der Waals surface area contributed by atoms with Crippen molar-refractivity contribution in [3.63, 3.8) is 0 Å². The maximum absolute atomic E-state index is 12.0. The molecule has 0 amide bonds. The largest absolute Gasteiger partial charge is 0.319 e. The number of imidazole rings is 1. The second kappa shape index (κ2) is 3.20. The second-order valence-electron chi connectivity index (χ2n) is 4.46. The van der Waals surface area contributed by atoms with Gasteiger partial charge in [-0.15, -0.1) is 0 Å². The smallest absolute Gasteiger partial charge is 0.274 e. The zero-order chi connectivity index (χ0) is 12.2. The van der Waals surface area contributed by atoms with E-state index in [1.165, 1.54) is 11.1 Å². The van der Waals surface area contributed by atoms with E-state index in [0.717, 1.165) is 16.7 Å². The average molecular weight is 227 g/mol. The van der Waals surface area contributed by atoms with Crippen molar-refractivity contribution in [2.75, 3.05) is 0 Å². The van der Waals surface area contributed by atoms with Gasteiger partial charge in [-0.3, -0.25) is 9.20 Å². The highest BCUT2D eigenvalue weighted by Crippen LogP contribution is 2.18. The van der Waals surface area contributed by atoms with Crippen molar-refractivity contribution in [3.8, 4) is 0 Å². The van der Waals surface area contributed by atoms with Gasteiger partial charge in [0, 0.05) is 0 Å². The normalized spacial score (nSPS) is 11.5.